The number of amides is 1. The number of carbonyl (C=O) groups is 1. The maximum Gasteiger partial charge on any atom is 0.293 e. The number of rotatable bonds is 4. The van der Waals surface area contributed by atoms with E-state index in [4.69, 9.17) is 4.52 Å². The van der Waals surface area contributed by atoms with E-state index in [1.54, 1.807) is 6.07 Å². The molecule has 2 aliphatic rings. The summed E-state index contributed by atoms with van der Waals surface area (Å²) in [4.78, 5) is 15.4. The zero-order chi connectivity index (χ0) is 18.4. The van der Waals surface area contributed by atoms with Crippen molar-refractivity contribution in [2.24, 2.45) is 0 Å². The van der Waals surface area contributed by atoms with E-state index in [9.17, 15) is 4.79 Å². The zero-order valence-corrected chi connectivity index (χ0v) is 15.4. The summed E-state index contributed by atoms with van der Waals surface area (Å²) in [5, 5.41) is 4.15. The Morgan fingerprint density at radius 3 is 2.63 bits per heavy atom. The van der Waals surface area contributed by atoms with Crippen LogP contribution in [0.4, 0.5) is 0 Å². The molecule has 0 bridgehead atoms. The maximum atomic E-state index is 13.3. The van der Waals surface area contributed by atoms with Gasteiger partial charge in [0.15, 0.2) is 0 Å². The van der Waals surface area contributed by atoms with Gasteiger partial charge in [-0.3, -0.25) is 4.79 Å². The zero-order valence-electron chi connectivity index (χ0n) is 15.4. The second kappa shape index (κ2) is 6.38. The topological polar surface area (TPSA) is 46.3 Å². The van der Waals surface area contributed by atoms with Gasteiger partial charge >= 0.3 is 0 Å². The molecule has 1 fully saturated rings. The van der Waals surface area contributed by atoms with Gasteiger partial charge < -0.3 is 9.42 Å². The monoisotopic (exact) mass is 358 g/mol. The number of aromatic nitrogens is 1. The molecule has 0 N–H and O–H groups in total. The Balaban J connectivity index is 1.45. The highest BCUT2D eigenvalue weighted by atomic mass is 16.5. The fraction of sp³-hybridized carbons (Fsp3) is 0.304. The third-order valence-corrected chi connectivity index (χ3v) is 5.68. The lowest BCUT2D eigenvalue weighted by molar-refractivity contribution is 0.0615. The first kappa shape index (κ1) is 16.3. The Labute approximate surface area is 158 Å². The van der Waals surface area contributed by atoms with Crippen molar-refractivity contribution in [2.45, 2.75) is 44.7 Å². The summed E-state index contributed by atoms with van der Waals surface area (Å²) < 4.78 is 5.48. The SMILES string of the molecule is Cc1ccc(-c2cc(C(=O)N(C3CC3)C3CCc4ccccc43)on2)cc1. The van der Waals surface area contributed by atoms with E-state index in [1.165, 1.54) is 16.7 Å². The van der Waals surface area contributed by atoms with Gasteiger partial charge in [-0.25, -0.2) is 0 Å². The molecule has 0 aliphatic heterocycles. The molecule has 2 aliphatic carbocycles. The van der Waals surface area contributed by atoms with Crippen molar-refractivity contribution in [3.8, 4) is 11.3 Å². The van der Waals surface area contributed by atoms with Crippen molar-refractivity contribution >= 4 is 5.91 Å². The number of benzene rings is 2. The molecule has 0 saturated heterocycles. The molecule has 1 unspecified atom stereocenters. The van der Waals surface area contributed by atoms with E-state index in [1.807, 2.05) is 29.2 Å². The van der Waals surface area contributed by atoms with Gasteiger partial charge in [-0.15, -0.1) is 0 Å². The molecular weight excluding hydrogens is 336 g/mol. The van der Waals surface area contributed by atoms with Crippen molar-refractivity contribution in [2.75, 3.05) is 0 Å². The van der Waals surface area contributed by atoms with Gasteiger partial charge in [-0.1, -0.05) is 59.3 Å². The summed E-state index contributed by atoms with van der Waals surface area (Å²) in [5.41, 5.74) is 5.52. The number of hydrogen-bond acceptors (Lipinski definition) is 3. The van der Waals surface area contributed by atoms with Crippen molar-refractivity contribution in [1.29, 1.82) is 0 Å². The molecule has 3 aromatic rings. The first-order valence-corrected chi connectivity index (χ1v) is 9.65. The highest BCUT2D eigenvalue weighted by Crippen LogP contribution is 2.42. The number of aryl methyl sites for hydroxylation is 2. The van der Waals surface area contributed by atoms with Crippen LogP contribution in [-0.2, 0) is 6.42 Å². The summed E-state index contributed by atoms with van der Waals surface area (Å²) in [6.45, 7) is 2.05. The molecule has 1 saturated carbocycles. The van der Waals surface area contributed by atoms with Crippen molar-refractivity contribution in [3.63, 3.8) is 0 Å². The van der Waals surface area contributed by atoms with Crippen LogP contribution in [-0.4, -0.2) is 22.0 Å². The minimum Gasteiger partial charge on any atom is -0.350 e. The van der Waals surface area contributed by atoms with Crippen LogP contribution in [0, 0.1) is 6.92 Å². The predicted octanol–water partition coefficient (Wildman–Crippen LogP) is 4.94. The van der Waals surface area contributed by atoms with Crippen LogP contribution in [0.3, 0.4) is 0 Å². The first-order valence-electron chi connectivity index (χ1n) is 9.65. The maximum absolute atomic E-state index is 13.3. The molecule has 1 heterocycles. The van der Waals surface area contributed by atoms with Gasteiger partial charge in [0, 0.05) is 17.7 Å². The van der Waals surface area contributed by atoms with Gasteiger partial charge in [0.05, 0.1) is 6.04 Å². The average molecular weight is 358 g/mol. The van der Waals surface area contributed by atoms with Crippen LogP contribution in [0.2, 0.25) is 0 Å². The highest BCUT2D eigenvalue weighted by Gasteiger charge is 2.41. The van der Waals surface area contributed by atoms with Crippen LogP contribution in [0.5, 0.6) is 0 Å². The summed E-state index contributed by atoms with van der Waals surface area (Å²) in [7, 11) is 0. The summed E-state index contributed by atoms with van der Waals surface area (Å²) in [5.74, 6) is 0.298. The van der Waals surface area contributed by atoms with Crippen LogP contribution in [0.15, 0.2) is 59.1 Å². The van der Waals surface area contributed by atoms with Gasteiger partial charge in [0.2, 0.25) is 5.76 Å². The first-order chi connectivity index (χ1) is 13.2. The molecule has 4 nitrogen and oxygen atoms in total. The Morgan fingerprint density at radius 2 is 1.85 bits per heavy atom. The number of fused-ring (bicyclic) bond motifs is 1. The molecule has 136 valence electrons. The fourth-order valence-electron chi connectivity index (χ4n) is 4.10. The van der Waals surface area contributed by atoms with Crippen LogP contribution >= 0.6 is 0 Å². The lowest BCUT2D eigenvalue weighted by Gasteiger charge is -2.29. The van der Waals surface area contributed by atoms with Crippen LogP contribution < -0.4 is 0 Å². The largest absolute Gasteiger partial charge is 0.350 e. The Kier molecular flexibility index (Phi) is 3.85. The molecule has 5 rings (SSSR count). The van der Waals surface area contributed by atoms with Crippen molar-refractivity contribution in [1.82, 2.24) is 10.1 Å². The third-order valence-electron chi connectivity index (χ3n) is 5.68. The Bertz CT molecular complexity index is 986. The quantitative estimate of drug-likeness (QED) is 0.663. The lowest BCUT2D eigenvalue weighted by atomic mass is 10.1. The van der Waals surface area contributed by atoms with E-state index >= 15 is 0 Å². The summed E-state index contributed by atoms with van der Waals surface area (Å²) in [6, 6.07) is 18.8. The molecule has 1 aromatic heterocycles. The standard InChI is InChI=1S/C23H22N2O2/c1-15-6-8-17(9-7-15)20-14-22(27-24-20)23(26)25(18-11-12-18)21-13-10-16-4-2-3-5-19(16)21/h2-9,14,18,21H,10-13H2,1H3. The molecule has 4 heteroatoms. The van der Waals surface area contributed by atoms with Crippen molar-refractivity contribution in [3.05, 3.63) is 77.0 Å². The number of carbonyl (C=O) groups excluding carboxylic acids is 1. The second-order valence-electron chi connectivity index (χ2n) is 7.64. The smallest absolute Gasteiger partial charge is 0.293 e. The van der Waals surface area contributed by atoms with Gasteiger partial charge in [-0.2, -0.15) is 0 Å². The molecule has 0 radical (unpaired) electrons. The van der Waals surface area contributed by atoms with E-state index in [2.05, 4.69) is 36.3 Å². The van der Waals surface area contributed by atoms with Crippen LogP contribution in [0.1, 0.15) is 52.5 Å². The molecule has 27 heavy (non-hydrogen) atoms. The van der Waals surface area contributed by atoms with Crippen LogP contribution in [0.25, 0.3) is 11.3 Å². The van der Waals surface area contributed by atoms with Crippen molar-refractivity contribution < 1.29 is 9.32 Å². The van der Waals surface area contributed by atoms with Gasteiger partial charge in [0.25, 0.3) is 5.91 Å². The second-order valence-corrected chi connectivity index (χ2v) is 7.64. The Hall–Kier alpha value is -2.88. The molecule has 2 aromatic carbocycles. The van der Waals surface area contributed by atoms with Gasteiger partial charge in [-0.05, 0) is 43.7 Å². The van der Waals surface area contributed by atoms with E-state index in [-0.39, 0.29) is 11.9 Å². The molecular formula is C23H22N2O2. The van der Waals surface area contributed by atoms with Gasteiger partial charge in [0.1, 0.15) is 5.69 Å². The molecule has 1 atom stereocenters. The van der Waals surface area contributed by atoms with E-state index < -0.39 is 0 Å². The van der Waals surface area contributed by atoms with E-state index in [0.717, 1.165) is 31.2 Å². The summed E-state index contributed by atoms with van der Waals surface area (Å²) >= 11 is 0. The Morgan fingerprint density at radius 1 is 1.07 bits per heavy atom. The summed E-state index contributed by atoms with van der Waals surface area (Å²) in [6.07, 6.45) is 4.16. The predicted molar refractivity (Wildman–Crippen MR) is 103 cm³/mol. The normalized spacial score (nSPS) is 18.3. The fourth-order valence-corrected chi connectivity index (χ4v) is 4.10. The molecule has 1 amide bonds. The minimum atomic E-state index is -0.0370. The number of hydrogen-bond donors (Lipinski definition) is 0. The highest BCUT2D eigenvalue weighted by molar-refractivity contribution is 5.93. The van der Waals surface area contributed by atoms with E-state index in [0.29, 0.717) is 17.5 Å². The lowest BCUT2D eigenvalue weighted by Crippen LogP contribution is -2.35. The minimum absolute atomic E-state index is 0.0370. The number of nitrogens with zero attached hydrogens (tertiary/aromatic N) is 2. The average Bonchev–Trinajstić information content (AvgIpc) is 3.24. The molecule has 0 spiro atoms. The third kappa shape index (κ3) is 2.95.